The summed E-state index contributed by atoms with van der Waals surface area (Å²) in [5.74, 6) is 0.210. The van der Waals surface area contributed by atoms with Crippen molar-refractivity contribution in [3.8, 4) is 34.0 Å². The highest BCUT2D eigenvalue weighted by molar-refractivity contribution is 7.91. The average Bonchev–Trinajstić information content (AvgIpc) is 3.13. The molecule has 0 aliphatic rings. The van der Waals surface area contributed by atoms with Crippen LogP contribution in [0.5, 0.6) is 11.5 Å². The van der Waals surface area contributed by atoms with Gasteiger partial charge in [0.25, 0.3) is 0 Å². The van der Waals surface area contributed by atoms with Crippen LogP contribution in [0, 0.1) is 12.7 Å². The van der Waals surface area contributed by atoms with Crippen molar-refractivity contribution in [3.05, 3.63) is 60.0 Å². The van der Waals surface area contributed by atoms with Gasteiger partial charge in [0, 0.05) is 11.1 Å². The molecule has 0 unspecified atom stereocenters. The Kier molecular flexibility index (Phi) is 5.60. The molecule has 0 N–H and O–H groups in total. The predicted octanol–water partition coefficient (Wildman–Crippen LogP) is 4.32. The van der Waals surface area contributed by atoms with Gasteiger partial charge in [0.1, 0.15) is 10.7 Å². The molecule has 9 heteroatoms. The van der Waals surface area contributed by atoms with E-state index in [1.807, 2.05) is 24.3 Å². The van der Waals surface area contributed by atoms with Crippen LogP contribution >= 0.6 is 0 Å². The summed E-state index contributed by atoms with van der Waals surface area (Å²) >= 11 is 0. The van der Waals surface area contributed by atoms with Gasteiger partial charge in [0.2, 0.25) is 0 Å². The molecule has 0 aliphatic heterocycles. The molecule has 2 aromatic carbocycles. The number of fused-ring (bicyclic) bond motifs is 1. The maximum Gasteiger partial charge on any atom is 0.180 e. The molecule has 4 rings (SSSR count). The van der Waals surface area contributed by atoms with Gasteiger partial charge in [0.15, 0.2) is 27.0 Å². The molecule has 7 nitrogen and oxygen atoms in total. The van der Waals surface area contributed by atoms with Crippen molar-refractivity contribution in [1.29, 1.82) is 0 Å². The fraction of sp³-hybridized carbons (Fsp3) is 0.217. The second-order valence-electron chi connectivity index (χ2n) is 7.15. The number of halogens is 1. The third-order valence-electron chi connectivity index (χ3n) is 5.25. The highest BCUT2D eigenvalue weighted by Crippen LogP contribution is 2.33. The molecule has 32 heavy (non-hydrogen) atoms. The van der Waals surface area contributed by atoms with Gasteiger partial charge < -0.3 is 9.47 Å². The van der Waals surface area contributed by atoms with Gasteiger partial charge in [-0.1, -0.05) is 13.0 Å². The smallest absolute Gasteiger partial charge is 0.180 e. The molecule has 0 saturated carbocycles. The summed E-state index contributed by atoms with van der Waals surface area (Å²) in [6.45, 7) is 3.28. The van der Waals surface area contributed by atoms with Crippen molar-refractivity contribution < 1.29 is 22.3 Å². The van der Waals surface area contributed by atoms with Gasteiger partial charge in [0.05, 0.1) is 37.1 Å². The molecule has 2 heterocycles. The van der Waals surface area contributed by atoms with Crippen LogP contribution in [0.2, 0.25) is 0 Å². The molecule has 0 bridgehead atoms. The Morgan fingerprint density at radius 1 is 0.969 bits per heavy atom. The van der Waals surface area contributed by atoms with Gasteiger partial charge in [-0.25, -0.2) is 22.3 Å². The number of methoxy groups -OCH3 is 2. The van der Waals surface area contributed by atoms with Crippen molar-refractivity contribution in [2.45, 2.75) is 18.7 Å². The lowest BCUT2D eigenvalue weighted by Gasteiger charge is -2.10. The van der Waals surface area contributed by atoms with E-state index < -0.39 is 15.7 Å². The zero-order valence-electron chi connectivity index (χ0n) is 18.1. The first-order valence-corrected chi connectivity index (χ1v) is 11.6. The molecule has 0 spiro atoms. The number of sulfone groups is 1. The molecule has 0 saturated heterocycles. The second kappa shape index (κ2) is 8.23. The van der Waals surface area contributed by atoms with Gasteiger partial charge in [-0.3, -0.25) is 0 Å². The van der Waals surface area contributed by atoms with E-state index >= 15 is 0 Å². The highest BCUT2D eigenvalue weighted by Gasteiger charge is 2.20. The lowest BCUT2D eigenvalue weighted by atomic mass is 10.1. The summed E-state index contributed by atoms with van der Waals surface area (Å²) in [5.41, 5.74) is 3.77. The Morgan fingerprint density at radius 2 is 1.69 bits per heavy atom. The summed E-state index contributed by atoms with van der Waals surface area (Å²) < 4.78 is 51.2. The zero-order chi connectivity index (χ0) is 23.0. The zero-order valence-corrected chi connectivity index (χ0v) is 18.9. The molecule has 166 valence electrons. The predicted molar refractivity (Wildman–Crippen MR) is 119 cm³/mol. The van der Waals surface area contributed by atoms with Crippen molar-refractivity contribution in [3.63, 3.8) is 0 Å². The first-order chi connectivity index (χ1) is 15.3. The van der Waals surface area contributed by atoms with Crippen LogP contribution in [-0.2, 0) is 9.84 Å². The molecule has 0 fully saturated rings. The van der Waals surface area contributed by atoms with E-state index in [0.717, 1.165) is 5.56 Å². The van der Waals surface area contributed by atoms with Crippen molar-refractivity contribution in [2.24, 2.45) is 0 Å². The number of aromatic nitrogens is 3. The Hall–Kier alpha value is -3.46. The van der Waals surface area contributed by atoms with E-state index in [1.54, 1.807) is 37.8 Å². The van der Waals surface area contributed by atoms with Crippen molar-refractivity contribution in [1.82, 2.24) is 14.6 Å². The van der Waals surface area contributed by atoms with Gasteiger partial charge in [-0.15, -0.1) is 0 Å². The molecule has 0 radical (unpaired) electrons. The highest BCUT2D eigenvalue weighted by atomic mass is 32.2. The normalized spacial score (nSPS) is 11.7. The Labute approximate surface area is 185 Å². The first kappa shape index (κ1) is 21.8. The summed E-state index contributed by atoms with van der Waals surface area (Å²) in [7, 11) is -0.527. The number of imidazole rings is 1. The van der Waals surface area contributed by atoms with Crippen LogP contribution in [0.15, 0.2) is 53.4 Å². The third kappa shape index (κ3) is 3.69. The molecule has 0 amide bonds. The lowest BCUT2D eigenvalue weighted by molar-refractivity contribution is 0.355. The summed E-state index contributed by atoms with van der Waals surface area (Å²) in [6, 6.07) is 13.2. The van der Waals surface area contributed by atoms with Crippen molar-refractivity contribution >= 4 is 15.5 Å². The second-order valence-corrected chi connectivity index (χ2v) is 9.40. The number of benzene rings is 2. The number of ether oxygens (including phenoxy) is 2. The number of nitrogens with zero attached hydrogens (tertiary/aromatic N) is 3. The van der Waals surface area contributed by atoms with Crippen LogP contribution in [0.4, 0.5) is 4.39 Å². The van der Waals surface area contributed by atoms with Crippen LogP contribution in [0.3, 0.4) is 0 Å². The maximum atomic E-state index is 14.7. The quantitative estimate of drug-likeness (QED) is 0.431. The Morgan fingerprint density at radius 3 is 2.34 bits per heavy atom. The molecule has 0 aliphatic carbocycles. The van der Waals surface area contributed by atoms with Gasteiger partial charge in [-0.05, 0) is 49.4 Å². The van der Waals surface area contributed by atoms with E-state index in [2.05, 4.69) is 4.98 Å². The minimum absolute atomic E-state index is 0.172. The fourth-order valence-corrected chi connectivity index (χ4v) is 4.52. The minimum atomic E-state index is -3.66. The largest absolute Gasteiger partial charge is 0.493 e. The molecular formula is C23H22FN3O4S. The van der Waals surface area contributed by atoms with Crippen LogP contribution in [0.25, 0.3) is 28.2 Å². The third-order valence-corrected chi connectivity index (χ3v) is 7.01. The topological polar surface area (TPSA) is 82.8 Å². The lowest BCUT2D eigenvalue weighted by Crippen LogP contribution is -2.06. The number of hydrogen-bond donors (Lipinski definition) is 0. The summed E-state index contributed by atoms with van der Waals surface area (Å²) in [5, 5.41) is 4.71. The van der Waals surface area contributed by atoms with E-state index in [0.29, 0.717) is 39.8 Å². The van der Waals surface area contributed by atoms with Crippen molar-refractivity contribution in [2.75, 3.05) is 20.0 Å². The van der Waals surface area contributed by atoms with E-state index in [4.69, 9.17) is 14.6 Å². The Bertz CT molecular complexity index is 1430. The van der Waals surface area contributed by atoms with Crippen LogP contribution in [0.1, 0.15) is 12.6 Å². The van der Waals surface area contributed by atoms with Gasteiger partial charge >= 0.3 is 0 Å². The molecular weight excluding hydrogens is 433 g/mol. The van der Waals surface area contributed by atoms with E-state index in [9.17, 15) is 12.8 Å². The maximum absolute atomic E-state index is 14.7. The molecule has 2 aromatic heterocycles. The fourth-order valence-electron chi connectivity index (χ4n) is 3.58. The number of rotatable bonds is 6. The minimum Gasteiger partial charge on any atom is -0.493 e. The van der Waals surface area contributed by atoms with E-state index in [1.165, 1.54) is 19.1 Å². The standard InChI is InChI=1S/C23H22FN3O4S/c1-5-32(28,29)21-10-7-16(12-17(21)24)23-14(2)25-22-11-8-18(26-27(22)23)15-6-9-19(30-3)20(13-15)31-4/h6-13H,5H2,1-4H3. The van der Waals surface area contributed by atoms with Gasteiger partial charge in [-0.2, -0.15) is 5.10 Å². The summed E-state index contributed by atoms with van der Waals surface area (Å²) in [6.07, 6.45) is 0. The first-order valence-electron chi connectivity index (χ1n) is 9.90. The monoisotopic (exact) mass is 455 g/mol. The molecule has 0 atom stereocenters. The number of hydrogen-bond acceptors (Lipinski definition) is 6. The van der Waals surface area contributed by atoms with E-state index in [-0.39, 0.29) is 10.6 Å². The Balaban J connectivity index is 1.86. The van der Waals surface area contributed by atoms with Crippen LogP contribution in [-0.4, -0.2) is 43.0 Å². The SMILES string of the molecule is CCS(=O)(=O)c1ccc(-c2c(C)nc3ccc(-c4ccc(OC)c(OC)c4)nn23)cc1F. The summed E-state index contributed by atoms with van der Waals surface area (Å²) in [4.78, 5) is 4.21. The average molecular weight is 456 g/mol. The van der Waals surface area contributed by atoms with Crippen LogP contribution < -0.4 is 9.47 Å². The molecule has 4 aromatic rings. The number of aryl methyl sites for hydroxylation is 1.